The van der Waals surface area contributed by atoms with Gasteiger partial charge in [-0.1, -0.05) is 12.1 Å². The standard InChI is InChI=1S/C26H31FN6O/c27-21-6-4-19(5-7-21)12-24(16-34)33-11-10-28-15-23(33)3-1-2-20-14-29-26-9-8-22(13-25(20)26)32-17-30-31-18-32/h4-9,13-14,17-18,23-24,28-29,34H,1-3,10-12,15-16H2. The molecule has 8 heteroatoms. The lowest BCUT2D eigenvalue weighted by molar-refractivity contribution is 0.0604. The minimum atomic E-state index is -0.226. The number of H-pyrrole nitrogens is 1. The van der Waals surface area contributed by atoms with Gasteiger partial charge in [-0.3, -0.25) is 9.47 Å². The van der Waals surface area contributed by atoms with Crippen LogP contribution in [0.2, 0.25) is 0 Å². The zero-order valence-corrected chi connectivity index (χ0v) is 19.2. The van der Waals surface area contributed by atoms with Gasteiger partial charge in [-0.05, 0) is 67.1 Å². The van der Waals surface area contributed by atoms with Crippen molar-refractivity contribution in [3.05, 3.63) is 78.3 Å². The molecule has 3 heterocycles. The van der Waals surface area contributed by atoms with Gasteiger partial charge in [0, 0.05) is 54.5 Å². The Labute approximate surface area is 198 Å². The van der Waals surface area contributed by atoms with Crippen molar-refractivity contribution in [2.24, 2.45) is 0 Å². The van der Waals surface area contributed by atoms with Crippen molar-refractivity contribution in [2.45, 2.75) is 37.8 Å². The van der Waals surface area contributed by atoms with E-state index in [1.807, 2.05) is 16.7 Å². The number of aliphatic hydroxyl groups excluding tert-OH is 1. The van der Waals surface area contributed by atoms with Gasteiger partial charge in [0.2, 0.25) is 0 Å². The number of aliphatic hydroxyl groups is 1. The number of piperazine rings is 1. The van der Waals surface area contributed by atoms with Crippen molar-refractivity contribution in [1.29, 1.82) is 0 Å². The van der Waals surface area contributed by atoms with Crippen LogP contribution in [0.1, 0.15) is 24.0 Å². The van der Waals surface area contributed by atoms with Gasteiger partial charge in [0.15, 0.2) is 0 Å². The minimum Gasteiger partial charge on any atom is -0.395 e. The normalized spacial score (nSPS) is 17.9. The van der Waals surface area contributed by atoms with Crippen molar-refractivity contribution in [3.63, 3.8) is 0 Å². The molecule has 7 nitrogen and oxygen atoms in total. The highest BCUT2D eigenvalue weighted by Crippen LogP contribution is 2.24. The molecule has 34 heavy (non-hydrogen) atoms. The van der Waals surface area contributed by atoms with E-state index in [2.05, 4.69) is 49.8 Å². The van der Waals surface area contributed by atoms with E-state index in [0.29, 0.717) is 6.04 Å². The number of nitrogens with one attached hydrogen (secondary N) is 2. The first kappa shape index (κ1) is 22.7. The van der Waals surface area contributed by atoms with Crippen LogP contribution in [0.25, 0.3) is 16.6 Å². The summed E-state index contributed by atoms with van der Waals surface area (Å²) >= 11 is 0. The molecule has 2 atom stereocenters. The number of benzene rings is 2. The monoisotopic (exact) mass is 462 g/mol. The molecule has 0 amide bonds. The lowest BCUT2D eigenvalue weighted by Crippen LogP contribution is -2.56. The number of fused-ring (bicyclic) bond motifs is 1. The molecule has 0 saturated carbocycles. The fourth-order valence-electron chi connectivity index (χ4n) is 5.10. The molecule has 2 unspecified atom stereocenters. The number of aromatic amines is 1. The van der Waals surface area contributed by atoms with Gasteiger partial charge in [-0.25, -0.2) is 4.39 Å². The summed E-state index contributed by atoms with van der Waals surface area (Å²) in [7, 11) is 0. The second kappa shape index (κ2) is 10.5. The van der Waals surface area contributed by atoms with Crippen molar-refractivity contribution in [2.75, 3.05) is 26.2 Å². The van der Waals surface area contributed by atoms with Gasteiger partial charge in [-0.2, -0.15) is 0 Å². The van der Waals surface area contributed by atoms with E-state index in [4.69, 9.17) is 0 Å². The highest BCUT2D eigenvalue weighted by atomic mass is 19.1. The molecule has 1 aliphatic heterocycles. The van der Waals surface area contributed by atoms with E-state index in [1.165, 1.54) is 23.1 Å². The van der Waals surface area contributed by atoms with E-state index in [-0.39, 0.29) is 18.5 Å². The van der Waals surface area contributed by atoms with Crippen LogP contribution < -0.4 is 5.32 Å². The SMILES string of the molecule is OCC(Cc1ccc(F)cc1)N1CCNCC1CCCc1c[nH]c2ccc(-n3cnnc3)cc12. The first-order valence-electron chi connectivity index (χ1n) is 12.0. The molecule has 1 aliphatic rings. The fraction of sp³-hybridized carbons (Fsp3) is 0.385. The van der Waals surface area contributed by atoms with Crippen molar-refractivity contribution >= 4 is 10.9 Å². The Kier molecular flexibility index (Phi) is 6.99. The number of aryl methyl sites for hydroxylation is 1. The van der Waals surface area contributed by atoms with Crippen molar-refractivity contribution in [1.82, 2.24) is 30.0 Å². The second-order valence-corrected chi connectivity index (χ2v) is 9.07. The summed E-state index contributed by atoms with van der Waals surface area (Å²) in [5.41, 5.74) is 4.55. The van der Waals surface area contributed by atoms with Crippen LogP contribution in [0.3, 0.4) is 0 Å². The van der Waals surface area contributed by atoms with Crippen LogP contribution >= 0.6 is 0 Å². The second-order valence-electron chi connectivity index (χ2n) is 9.07. The van der Waals surface area contributed by atoms with Gasteiger partial charge < -0.3 is 15.4 Å². The first-order chi connectivity index (χ1) is 16.7. The van der Waals surface area contributed by atoms with Gasteiger partial charge >= 0.3 is 0 Å². The Hall–Kier alpha value is -3.07. The molecule has 0 radical (unpaired) electrons. The Morgan fingerprint density at radius 1 is 1.12 bits per heavy atom. The van der Waals surface area contributed by atoms with Gasteiger partial charge in [0.05, 0.1) is 6.61 Å². The quantitative estimate of drug-likeness (QED) is 0.356. The van der Waals surface area contributed by atoms with Gasteiger partial charge in [0.25, 0.3) is 0 Å². The third-order valence-corrected chi connectivity index (χ3v) is 6.91. The number of aromatic nitrogens is 4. The van der Waals surface area contributed by atoms with Gasteiger partial charge in [0.1, 0.15) is 18.5 Å². The number of hydrogen-bond acceptors (Lipinski definition) is 5. The summed E-state index contributed by atoms with van der Waals surface area (Å²) in [6.07, 6.45) is 9.34. The van der Waals surface area contributed by atoms with Crippen LogP contribution in [0.15, 0.2) is 61.3 Å². The van der Waals surface area contributed by atoms with Crippen LogP contribution in [-0.4, -0.2) is 68.1 Å². The average Bonchev–Trinajstić information content (AvgIpc) is 3.54. The molecule has 0 spiro atoms. The summed E-state index contributed by atoms with van der Waals surface area (Å²) in [6, 6.07) is 13.4. The number of rotatable bonds is 9. The maximum atomic E-state index is 13.3. The third kappa shape index (κ3) is 5.04. The molecule has 4 aromatic rings. The number of nitrogens with zero attached hydrogens (tertiary/aromatic N) is 4. The van der Waals surface area contributed by atoms with Crippen LogP contribution in [0, 0.1) is 5.82 Å². The molecule has 2 aromatic heterocycles. The smallest absolute Gasteiger partial charge is 0.123 e. The molecule has 3 N–H and O–H groups in total. The average molecular weight is 463 g/mol. The molecule has 1 saturated heterocycles. The van der Waals surface area contributed by atoms with Crippen LogP contribution in [-0.2, 0) is 12.8 Å². The molecule has 178 valence electrons. The van der Waals surface area contributed by atoms with Crippen LogP contribution in [0.4, 0.5) is 4.39 Å². The van der Waals surface area contributed by atoms with Crippen molar-refractivity contribution < 1.29 is 9.50 Å². The highest BCUT2D eigenvalue weighted by molar-refractivity contribution is 5.85. The Morgan fingerprint density at radius 3 is 2.74 bits per heavy atom. The Bertz CT molecular complexity index is 1190. The number of halogens is 1. The lowest BCUT2D eigenvalue weighted by Gasteiger charge is -2.41. The number of hydrogen-bond donors (Lipinski definition) is 3. The van der Waals surface area contributed by atoms with Crippen molar-refractivity contribution in [3.8, 4) is 5.69 Å². The van der Waals surface area contributed by atoms with E-state index < -0.39 is 0 Å². The highest BCUT2D eigenvalue weighted by Gasteiger charge is 2.28. The summed E-state index contributed by atoms with van der Waals surface area (Å²) in [6.45, 7) is 2.85. The molecule has 5 rings (SSSR count). The summed E-state index contributed by atoms with van der Waals surface area (Å²) in [5.74, 6) is -0.226. The van der Waals surface area contributed by atoms with E-state index in [0.717, 1.165) is 62.1 Å². The Morgan fingerprint density at radius 2 is 1.94 bits per heavy atom. The maximum absolute atomic E-state index is 13.3. The third-order valence-electron chi connectivity index (χ3n) is 6.91. The van der Waals surface area contributed by atoms with E-state index >= 15 is 0 Å². The van der Waals surface area contributed by atoms with Crippen LogP contribution in [0.5, 0.6) is 0 Å². The molecule has 0 bridgehead atoms. The maximum Gasteiger partial charge on any atom is 0.123 e. The minimum absolute atomic E-state index is 0.0389. The summed E-state index contributed by atoms with van der Waals surface area (Å²) < 4.78 is 15.2. The largest absolute Gasteiger partial charge is 0.395 e. The first-order valence-corrected chi connectivity index (χ1v) is 12.0. The lowest BCUT2D eigenvalue weighted by atomic mass is 9.98. The zero-order chi connectivity index (χ0) is 23.3. The van der Waals surface area contributed by atoms with Gasteiger partial charge in [-0.15, -0.1) is 10.2 Å². The van der Waals surface area contributed by atoms with E-state index in [9.17, 15) is 9.50 Å². The summed E-state index contributed by atoms with van der Waals surface area (Å²) in [4.78, 5) is 5.84. The molecule has 2 aromatic carbocycles. The zero-order valence-electron chi connectivity index (χ0n) is 19.2. The predicted molar refractivity (Wildman–Crippen MR) is 130 cm³/mol. The molecule has 1 fully saturated rings. The molecular formula is C26H31FN6O. The predicted octanol–water partition coefficient (Wildman–Crippen LogP) is 3.09. The Balaban J connectivity index is 1.24. The van der Waals surface area contributed by atoms with E-state index in [1.54, 1.807) is 12.7 Å². The molecular weight excluding hydrogens is 431 g/mol. The summed E-state index contributed by atoms with van der Waals surface area (Å²) in [5, 5.41) is 22.7. The molecule has 0 aliphatic carbocycles. The topological polar surface area (TPSA) is 82.0 Å². The fourth-order valence-corrected chi connectivity index (χ4v) is 5.10.